The van der Waals surface area contributed by atoms with Gasteiger partial charge in [-0.1, -0.05) is 0 Å². The molecule has 8 heteroatoms. The molecule has 0 aromatic carbocycles. The fraction of sp³-hybridized carbons (Fsp3) is 0.429. The number of carbonyl (C=O) groups is 1. The van der Waals surface area contributed by atoms with Crippen LogP contribution in [0.15, 0.2) is 18.5 Å². The van der Waals surface area contributed by atoms with E-state index in [9.17, 15) is 4.79 Å². The number of aryl methyl sites for hydroxylation is 1. The average molecular weight is 302 g/mol. The van der Waals surface area contributed by atoms with Crippen molar-refractivity contribution in [2.24, 2.45) is 5.73 Å². The third kappa shape index (κ3) is 3.16. The lowest BCUT2D eigenvalue weighted by atomic mass is 10.0. The molecule has 1 saturated carbocycles. The van der Waals surface area contributed by atoms with Crippen molar-refractivity contribution in [3.63, 3.8) is 0 Å². The first-order valence-electron chi connectivity index (χ1n) is 7.18. The number of anilines is 2. The van der Waals surface area contributed by atoms with E-state index in [0.29, 0.717) is 11.6 Å². The molecule has 116 valence electrons. The summed E-state index contributed by atoms with van der Waals surface area (Å²) in [5.41, 5.74) is 6.88. The first kappa shape index (κ1) is 14.3. The molecule has 0 spiro atoms. The number of primary amides is 1. The predicted molar refractivity (Wildman–Crippen MR) is 79.7 cm³/mol. The molecule has 3 rings (SSSR count). The van der Waals surface area contributed by atoms with Crippen molar-refractivity contribution in [2.45, 2.75) is 38.2 Å². The van der Waals surface area contributed by atoms with Crippen molar-refractivity contribution in [1.29, 1.82) is 0 Å². The standard InChI is InChI=1S/C14H18N6O2/c1-8-13(17-5-4-16-8)18-12-7-11(19-20-12)9-2-3-10(6-9)22-14(15)21/h4-5,7,9-10H,2-3,6H2,1H3,(H2,15,21)(H2,17,18,19,20)/t9?,10-/m0/s1. The predicted octanol–water partition coefficient (Wildman–Crippen LogP) is 1.98. The monoisotopic (exact) mass is 302 g/mol. The van der Waals surface area contributed by atoms with Crippen molar-refractivity contribution in [3.05, 3.63) is 29.8 Å². The number of hydrogen-bond acceptors (Lipinski definition) is 6. The van der Waals surface area contributed by atoms with E-state index in [1.54, 1.807) is 12.4 Å². The van der Waals surface area contributed by atoms with E-state index in [-0.39, 0.29) is 12.0 Å². The number of ether oxygens (including phenoxy) is 1. The highest BCUT2D eigenvalue weighted by atomic mass is 16.6. The van der Waals surface area contributed by atoms with E-state index in [0.717, 1.165) is 30.7 Å². The summed E-state index contributed by atoms with van der Waals surface area (Å²) in [6.07, 6.45) is 4.97. The van der Waals surface area contributed by atoms with E-state index in [1.807, 2.05) is 13.0 Å². The fourth-order valence-electron chi connectivity index (χ4n) is 2.76. The zero-order valence-corrected chi connectivity index (χ0v) is 12.2. The van der Waals surface area contributed by atoms with Crippen LogP contribution < -0.4 is 11.1 Å². The highest BCUT2D eigenvalue weighted by molar-refractivity contribution is 5.64. The normalized spacial score (nSPS) is 20.8. The van der Waals surface area contributed by atoms with Crippen LogP contribution in [0.3, 0.4) is 0 Å². The quantitative estimate of drug-likeness (QED) is 0.794. The second-order valence-electron chi connectivity index (χ2n) is 5.39. The van der Waals surface area contributed by atoms with Crippen LogP contribution in [-0.4, -0.2) is 32.4 Å². The van der Waals surface area contributed by atoms with Gasteiger partial charge >= 0.3 is 6.09 Å². The van der Waals surface area contributed by atoms with Gasteiger partial charge in [0, 0.05) is 30.1 Å². The van der Waals surface area contributed by atoms with E-state index in [4.69, 9.17) is 10.5 Å². The zero-order chi connectivity index (χ0) is 15.5. The Kier molecular flexibility index (Phi) is 3.90. The minimum absolute atomic E-state index is 0.107. The van der Waals surface area contributed by atoms with Crippen LogP contribution in [0.1, 0.15) is 36.6 Å². The van der Waals surface area contributed by atoms with Gasteiger partial charge in [-0.15, -0.1) is 0 Å². The van der Waals surface area contributed by atoms with Gasteiger partial charge in [-0.25, -0.2) is 9.78 Å². The number of H-pyrrole nitrogens is 1. The molecule has 1 unspecified atom stereocenters. The molecule has 0 bridgehead atoms. The third-order valence-electron chi connectivity index (χ3n) is 3.83. The van der Waals surface area contributed by atoms with Gasteiger partial charge in [0.15, 0.2) is 11.6 Å². The molecule has 1 amide bonds. The molecule has 8 nitrogen and oxygen atoms in total. The molecule has 4 N–H and O–H groups in total. The molecule has 0 saturated heterocycles. The molecule has 2 aromatic heterocycles. The van der Waals surface area contributed by atoms with Crippen molar-refractivity contribution in [3.8, 4) is 0 Å². The lowest BCUT2D eigenvalue weighted by Gasteiger charge is -2.09. The summed E-state index contributed by atoms with van der Waals surface area (Å²) in [6.45, 7) is 1.88. The second kappa shape index (κ2) is 6.00. The average Bonchev–Trinajstić information content (AvgIpc) is 3.10. The van der Waals surface area contributed by atoms with Crippen molar-refractivity contribution in [1.82, 2.24) is 20.2 Å². The lowest BCUT2D eigenvalue weighted by molar-refractivity contribution is 0.109. The highest BCUT2D eigenvalue weighted by Gasteiger charge is 2.29. The first-order chi connectivity index (χ1) is 10.6. The highest BCUT2D eigenvalue weighted by Crippen LogP contribution is 2.35. The number of nitrogens with zero attached hydrogens (tertiary/aromatic N) is 3. The summed E-state index contributed by atoms with van der Waals surface area (Å²) in [4.78, 5) is 19.2. The maximum atomic E-state index is 10.8. The first-order valence-corrected chi connectivity index (χ1v) is 7.18. The minimum atomic E-state index is -0.712. The number of rotatable bonds is 4. The van der Waals surface area contributed by atoms with Crippen molar-refractivity contribution >= 4 is 17.7 Å². The number of carbonyl (C=O) groups excluding carboxylic acids is 1. The van der Waals surface area contributed by atoms with E-state index in [1.165, 1.54) is 0 Å². The van der Waals surface area contributed by atoms with Gasteiger partial charge in [0.05, 0.1) is 5.69 Å². The number of aromatic amines is 1. The Labute approximate surface area is 127 Å². The Morgan fingerprint density at radius 3 is 3.00 bits per heavy atom. The maximum Gasteiger partial charge on any atom is 0.404 e. The number of nitrogens with one attached hydrogen (secondary N) is 2. The Morgan fingerprint density at radius 2 is 2.23 bits per heavy atom. The molecule has 2 aromatic rings. The number of amides is 1. The molecule has 0 radical (unpaired) electrons. The molecule has 1 aliphatic carbocycles. The number of aromatic nitrogens is 4. The topological polar surface area (TPSA) is 119 Å². The van der Waals surface area contributed by atoms with Gasteiger partial charge in [0.1, 0.15) is 6.10 Å². The van der Waals surface area contributed by atoms with Crippen LogP contribution in [-0.2, 0) is 4.74 Å². The third-order valence-corrected chi connectivity index (χ3v) is 3.83. The van der Waals surface area contributed by atoms with Crippen LogP contribution in [0, 0.1) is 6.92 Å². The molecular weight excluding hydrogens is 284 g/mol. The van der Waals surface area contributed by atoms with Crippen LogP contribution in [0.5, 0.6) is 0 Å². The Hall–Kier alpha value is -2.64. The van der Waals surface area contributed by atoms with Gasteiger partial charge in [-0.05, 0) is 26.2 Å². The van der Waals surface area contributed by atoms with Crippen molar-refractivity contribution < 1.29 is 9.53 Å². The van der Waals surface area contributed by atoms with Crippen LogP contribution in [0.4, 0.5) is 16.4 Å². The molecule has 2 heterocycles. The van der Waals surface area contributed by atoms with Gasteiger partial charge in [-0.2, -0.15) is 5.10 Å². The van der Waals surface area contributed by atoms with Crippen LogP contribution >= 0.6 is 0 Å². The molecule has 22 heavy (non-hydrogen) atoms. The van der Waals surface area contributed by atoms with Crippen LogP contribution in [0.2, 0.25) is 0 Å². The molecule has 1 aliphatic rings. The molecule has 2 atom stereocenters. The summed E-state index contributed by atoms with van der Waals surface area (Å²) < 4.78 is 5.05. The summed E-state index contributed by atoms with van der Waals surface area (Å²) >= 11 is 0. The molecule has 1 fully saturated rings. The second-order valence-corrected chi connectivity index (χ2v) is 5.39. The zero-order valence-electron chi connectivity index (χ0n) is 12.2. The minimum Gasteiger partial charge on any atom is -0.446 e. The largest absolute Gasteiger partial charge is 0.446 e. The Balaban J connectivity index is 1.65. The number of nitrogens with two attached hydrogens (primary N) is 1. The maximum absolute atomic E-state index is 10.8. The van der Waals surface area contributed by atoms with Crippen LogP contribution in [0.25, 0.3) is 0 Å². The lowest BCUT2D eigenvalue weighted by Crippen LogP contribution is -2.20. The molecule has 0 aliphatic heterocycles. The van der Waals surface area contributed by atoms with E-state index in [2.05, 4.69) is 25.5 Å². The Morgan fingerprint density at radius 1 is 1.41 bits per heavy atom. The van der Waals surface area contributed by atoms with Gasteiger partial charge in [0.25, 0.3) is 0 Å². The summed E-state index contributed by atoms with van der Waals surface area (Å²) in [7, 11) is 0. The summed E-state index contributed by atoms with van der Waals surface area (Å²) in [6, 6.07) is 1.95. The summed E-state index contributed by atoms with van der Waals surface area (Å²) in [5.74, 6) is 1.66. The van der Waals surface area contributed by atoms with Crippen molar-refractivity contribution in [2.75, 3.05) is 5.32 Å². The fourth-order valence-corrected chi connectivity index (χ4v) is 2.76. The van der Waals surface area contributed by atoms with E-state index < -0.39 is 6.09 Å². The Bertz CT molecular complexity index is 671. The summed E-state index contributed by atoms with van der Waals surface area (Å²) in [5, 5.41) is 10.4. The van der Waals surface area contributed by atoms with Gasteiger partial charge in [0.2, 0.25) is 0 Å². The SMILES string of the molecule is Cc1nccnc1Nc1cc(C2CC[C@H](OC(N)=O)C2)[nH]n1. The van der Waals surface area contributed by atoms with E-state index >= 15 is 0 Å². The van der Waals surface area contributed by atoms with Gasteiger partial charge in [-0.3, -0.25) is 10.1 Å². The smallest absolute Gasteiger partial charge is 0.404 e. The van der Waals surface area contributed by atoms with Gasteiger partial charge < -0.3 is 15.8 Å². The molecular formula is C14H18N6O2. The number of hydrogen-bond donors (Lipinski definition) is 3.